The van der Waals surface area contributed by atoms with Crippen LogP contribution in [0.1, 0.15) is 58.3 Å². The second kappa shape index (κ2) is 10.2. The van der Waals surface area contributed by atoms with Crippen LogP contribution in [-0.4, -0.2) is 41.2 Å². The Kier molecular flexibility index (Phi) is 7.37. The average molecular weight is 467 g/mol. The van der Waals surface area contributed by atoms with Gasteiger partial charge in [0.15, 0.2) is 0 Å². The first kappa shape index (κ1) is 23.1. The lowest BCUT2D eigenvalue weighted by Crippen LogP contribution is -2.34. The molecule has 1 aliphatic rings. The van der Waals surface area contributed by atoms with E-state index in [2.05, 4.69) is 54.6 Å². The van der Waals surface area contributed by atoms with Crippen molar-refractivity contribution in [3.05, 3.63) is 67.6 Å². The molecular formula is C25H30N4OS2. The van der Waals surface area contributed by atoms with Gasteiger partial charge in [0, 0.05) is 29.3 Å². The lowest BCUT2D eigenvalue weighted by atomic mass is 9.82. The van der Waals surface area contributed by atoms with E-state index in [1.54, 1.807) is 22.7 Å². The molecular weight excluding hydrogens is 436 g/mol. The summed E-state index contributed by atoms with van der Waals surface area (Å²) >= 11 is 3.42. The molecule has 5 nitrogen and oxygen atoms in total. The number of likely N-dealkylation sites (tertiary alicyclic amines) is 1. The van der Waals surface area contributed by atoms with Gasteiger partial charge in [0.05, 0.1) is 45.7 Å². The van der Waals surface area contributed by atoms with Gasteiger partial charge in [-0.1, -0.05) is 12.1 Å². The number of thiazole rings is 2. The third-order valence-corrected chi connectivity index (χ3v) is 7.89. The Morgan fingerprint density at radius 3 is 2.31 bits per heavy atom. The van der Waals surface area contributed by atoms with Crippen LogP contribution in [0.4, 0.5) is 0 Å². The summed E-state index contributed by atoms with van der Waals surface area (Å²) in [6.07, 6.45) is 3.16. The molecule has 4 rings (SSSR count). The molecule has 0 spiro atoms. The molecule has 0 bridgehead atoms. The molecule has 0 N–H and O–H groups in total. The van der Waals surface area contributed by atoms with E-state index < -0.39 is 0 Å². The summed E-state index contributed by atoms with van der Waals surface area (Å²) in [6.45, 7) is 9.70. The zero-order valence-electron chi connectivity index (χ0n) is 19.0. The molecule has 0 aliphatic carbocycles. The second-order valence-corrected chi connectivity index (χ2v) is 10.8. The Balaban J connectivity index is 1.55. The molecule has 168 valence electrons. The van der Waals surface area contributed by atoms with Gasteiger partial charge in [0.2, 0.25) is 0 Å². The molecule has 0 amide bonds. The molecule has 0 saturated carbocycles. The van der Waals surface area contributed by atoms with Gasteiger partial charge >= 0.3 is 0 Å². The van der Waals surface area contributed by atoms with E-state index in [0.717, 1.165) is 67.0 Å². The number of aromatic nitrogens is 2. The van der Waals surface area contributed by atoms with Gasteiger partial charge in [0.25, 0.3) is 0 Å². The highest BCUT2D eigenvalue weighted by atomic mass is 32.1. The van der Waals surface area contributed by atoms with Gasteiger partial charge in [-0.25, -0.2) is 9.97 Å². The summed E-state index contributed by atoms with van der Waals surface area (Å²) in [4.78, 5) is 12.2. The third-order valence-electron chi connectivity index (χ3n) is 6.31. The maximum atomic E-state index is 9.06. The molecule has 1 aliphatic heterocycles. The van der Waals surface area contributed by atoms with E-state index in [9.17, 15) is 0 Å². The van der Waals surface area contributed by atoms with Crippen LogP contribution in [-0.2, 0) is 11.2 Å². The van der Waals surface area contributed by atoms with Crippen LogP contribution < -0.4 is 0 Å². The molecule has 1 saturated heterocycles. The lowest BCUT2D eigenvalue weighted by Gasteiger charge is -2.31. The maximum absolute atomic E-state index is 9.06. The van der Waals surface area contributed by atoms with Gasteiger partial charge in [-0.05, 0) is 64.3 Å². The summed E-state index contributed by atoms with van der Waals surface area (Å²) in [5.74, 6) is 0. The number of rotatable bonds is 9. The first-order chi connectivity index (χ1) is 15.5. The van der Waals surface area contributed by atoms with E-state index in [4.69, 9.17) is 20.0 Å². The minimum Gasteiger partial charge on any atom is -0.381 e. The third kappa shape index (κ3) is 5.26. The van der Waals surface area contributed by atoms with Crippen molar-refractivity contribution in [1.29, 1.82) is 5.26 Å². The molecule has 1 fully saturated rings. The predicted octanol–water partition coefficient (Wildman–Crippen LogP) is 5.54. The molecule has 3 heterocycles. The number of hydrogen-bond acceptors (Lipinski definition) is 7. The number of hydrogen-bond donors (Lipinski definition) is 0. The fourth-order valence-corrected chi connectivity index (χ4v) is 5.86. The molecule has 2 aromatic heterocycles. The van der Waals surface area contributed by atoms with Crippen molar-refractivity contribution < 1.29 is 4.74 Å². The monoisotopic (exact) mass is 466 g/mol. The van der Waals surface area contributed by atoms with Gasteiger partial charge in [-0.15, -0.1) is 22.7 Å². The van der Waals surface area contributed by atoms with Crippen molar-refractivity contribution in [3.8, 4) is 6.07 Å². The largest absolute Gasteiger partial charge is 0.381 e. The smallest absolute Gasteiger partial charge is 0.0991 e. The number of nitrogens with zero attached hydrogens (tertiary/aromatic N) is 4. The van der Waals surface area contributed by atoms with Crippen LogP contribution in [0.25, 0.3) is 0 Å². The fraction of sp³-hybridized carbons (Fsp3) is 0.480. The van der Waals surface area contributed by atoms with Crippen LogP contribution in [0.5, 0.6) is 0 Å². The molecule has 7 heteroatoms. The predicted molar refractivity (Wildman–Crippen MR) is 130 cm³/mol. The van der Waals surface area contributed by atoms with Gasteiger partial charge in [-0.3, -0.25) is 4.90 Å². The molecule has 1 unspecified atom stereocenters. The Hall–Kier alpha value is -2.11. The molecule has 32 heavy (non-hydrogen) atoms. The number of benzene rings is 1. The second-order valence-electron chi connectivity index (χ2n) is 8.65. The minimum absolute atomic E-state index is 0.100. The van der Waals surface area contributed by atoms with E-state index in [1.165, 1.54) is 5.56 Å². The molecule has 1 aromatic carbocycles. The highest BCUT2D eigenvalue weighted by Crippen LogP contribution is 2.42. The molecule has 3 aromatic rings. The van der Waals surface area contributed by atoms with Crippen LogP contribution in [0, 0.1) is 30.6 Å². The molecule has 0 radical (unpaired) electrons. The summed E-state index contributed by atoms with van der Waals surface area (Å²) in [5.41, 5.74) is 4.32. The summed E-state index contributed by atoms with van der Waals surface area (Å²) in [6, 6.07) is 10.3. The van der Waals surface area contributed by atoms with Crippen molar-refractivity contribution >= 4 is 22.7 Å². The Morgan fingerprint density at radius 1 is 1.12 bits per heavy atom. The number of aryl methyl sites for hydroxylation is 3. The highest BCUT2D eigenvalue weighted by Gasteiger charge is 2.42. The van der Waals surface area contributed by atoms with Crippen molar-refractivity contribution in [2.45, 2.75) is 46.1 Å². The lowest BCUT2D eigenvalue weighted by molar-refractivity contribution is 0.0471. The zero-order valence-corrected chi connectivity index (χ0v) is 20.6. The van der Waals surface area contributed by atoms with Crippen molar-refractivity contribution in [3.63, 3.8) is 0 Å². The topological polar surface area (TPSA) is 62.0 Å². The van der Waals surface area contributed by atoms with Gasteiger partial charge < -0.3 is 4.74 Å². The van der Waals surface area contributed by atoms with Crippen LogP contribution in [0.2, 0.25) is 0 Å². The normalized spacial score (nSPS) is 19.0. The number of nitriles is 1. The van der Waals surface area contributed by atoms with Crippen molar-refractivity contribution in [2.24, 2.45) is 5.41 Å². The van der Waals surface area contributed by atoms with Gasteiger partial charge in [-0.2, -0.15) is 5.26 Å². The first-order valence-corrected chi connectivity index (χ1v) is 12.9. The van der Waals surface area contributed by atoms with E-state index in [-0.39, 0.29) is 11.5 Å². The van der Waals surface area contributed by atoms with Crippen LogP contribution in [0.15, 0.2) is 35.0 Å². The van der Waals surface area contributed by atoms with Crippen molar-refractivity contribution in [2.75, 3.05) is 26.3 Å². The maximum Gasteiger partial charge on any atom is 0.0991 e. The standard InChI is InChI=1S/C25H30N4OS2/c1-4-30-17-25(10-9-20-5-7-21(13-26)8-6-20)11-12-29(16-25)24(22-14-31-18(2)27-22)23-15-32-19(3)28-23/h5-8,14-15,24H,4,9-12,16-17H2,1-3H3. The summed E-state index contributed by atoms with van der Waals surface area (Å²) < 4.78 is 6.00. The van der Waals surface area contributed by atoms with E-state index in [0.29, 0.717) is 5.56 Å². The minimum atomic E-state index is 0.100. The van der Waals surface area contributed by atoms with E-state index in [1.807, 2.05) is 12.1 Å². The molecule has 1 atom stereocenters. The van der Waals surface area contributed by atoms with Gasteiger partial charge in [0.1, 0.15) is 0 Å². The first-order valence-electron chi connectivity index (χ1n) is 11.2. The zero-order chi connectivity index (χ0) is 22.6. The Morgan fingerprint density at radius 2 is 1.78 bits per heavy atom. The quantitative estimate of drug-likeness (QED) is 0.414. The highest BCUT2D eigenvalue weighted by molar-refractivity contribution is 7.09. The average Bonchev–Trinajstić information content (AvgIpc) is 3.53. The van der Waals surface area contributed by atoms with Crippen LogP contribution >= 0.6 is 22.7 Å². The Bertz CT molecular complexity index is 1030. The van der Waals surface area contributed by atoms with Crippen molar-refractivity contribution in [1.82, 2.24) is 14.9 Å². The van der Waals surface area contributed by atoms with Crippen LogP contribution in [0.3, 0.4) is 0 Å². The number of ether oxygens (including phenoxy) is 1. The summed E-state index contributed by atoms with van der Waals surface area (Å²) in [7, 11) is 0. The fourth-order valence-electron chi connectivity index (χ4n) is 4.60. The summed E-state index contributed by atoms with van der Waals surface area (Å²) in [5, 5.41) is 15.6. The Labute approximate surface area is 198 Å². The SMILES string of the molecule is CCOCC1(CCc2ccc(C#N)cc2)CCN(C(c2csc(C)n2)c2csc(C)n2)C1. The van der Waals surface area contributed by atoms with E-state index >= 15 is 0 Å².